The molecule has 7 heteroatoms. The molecule has 0 aliphatic rings. The SMILES string of the molecule is CCc1nnc(NC(=O)c2cc(C(C)=O)c[nH]2)s1. The number of aromatic nitrogens is 3. The van der Waals surface area contributed by atoms with Crippen LogP contribution in [0.3, 0.4) is 0 Å². The molecule has 0 spiro atoms. The predicted molar refractivity (Wildman–Crippen MR) is 68.0 cm³/mol. The molecule has 2 N–H and O–H groups in total. The number of aromatic amines is 1. The van der Waals surface area contributed by atoms with E-state index in [1.165, 1.54) is 30.5 Å². The van der Waals surface area contributed by atoms with Crippen molar-refractivity contribution in [1.29, 1.82) is 0 Å². The molecule has 0 unspecified atom stereocenters. The normalized spacial score (nSPS) is 10.3. The number of nitrogens with zero attached hydrogens (tertiary/aromatic N) is 2. The van der Waals surface area contributed by atoms with E-state index < -0.39 is 0 Å². The summed E-state index contributed by atoms with van der Waals surface area (Å²) < 4.78 is 0. The van der Waals surface area contributed by atoms with Crippen LogP contribution in [-0.4, -0.2) is 26.9 Å². The zero-order valence-electron chi connectivity index (χ0n) is 9.98. The second-order valence-corrected chi connectivity index (χ2v) is 4.73. The lowest BCUT2D eigenvalue weighted by Crippen LogP contribution is -2.11. The van der Waals surface area contributed by atoms with Crippen LogP contribution in [0.2, 0.25) is 0 Å². The van der Waals surface area contributed by atoms with Crippen LogP contribution >= 0.6 is 11.3 Å². The largest absolute Gasteiger partial charge is 0.356 e. The van der Waals surface area contributed by atoms with Gasteiger partial charge < -0.3 is 4.98 Å². The average Bonchev–Trinajstić information content (AvgIpc) is 2.97. The number of nitrogens with one attached hydrogen (secondary N) is 2. The van der Waals surface area contributed by atoms with Gasteiger partial charge in [0.2, 0.25) is 5.13 Å². The zero-order valence-corrected chi connectivity index (χ0v) is 10.8. The van der Waals surface area contributed by atoms with Crippen LogP contribution < -0.4 is 5.32 Å². The monoisotopic (exact) mass is 264 g/mol. The van der Waals surface area contributed by atoms with Crippen molar-refractivity contribution in [2.24, 2.45) is 0 Å². The Balaban J connectivity index is 2.09. The maximum Gasteiger partial charge on any atom is 0.273 e. The molecule has 0 radical (unpaired) electrons. The van der Waals surface area contributed by atoms with Crippen molar-refractivity contribution in [3.63, 3.8) is 0 Å². The van der Waals surface area contributed by atoms with Gasteiger partial charge in [-0.2, -0.15) is 0 Å². The standard InChI is InChI=1S/C11H12N4O2S/c1-3-9-14-15-11(18-9)13-10(17)8-4-7(5-12-8)6(2)16/h4-5,12H,3H2,1-2H3,(H,13,15,17). The number of ketones is 1. The number of Topliss-reactive ketones (excluding diaryl/α,β-unsaturated/α-hetero) is 1. The Bertz CT molecular complexity index is 587. The number of carbonyl (C=O) groups is 2. The fourth-order valence-electron chi connectivity index (χ4n) is 1.34. The van der Waals surface area contributed by atoms with Gasteiger partial charge in [0.25, 0.3) is 5.91 Å². The molecular formula is C11H12N4O2S. The van der Waals surface area contributed by atoms with Crippen LogP contribution in [0.15, 0.2) is 12.3 Å². The van der Waals surface area contributed by atoms with Crippen LogP contribution in [0.1, 0.15) is 39.7 Å². The molecule has 0 fully saturated rings. The molecule has 18 heavy (non-hydrogen) atoms. The summed E-state index contributed by atoms with van der Waals surface area (Å²) in [6, 6.07) is 1.51. The first kappa shape index (κ1) is 12.4. The summed E-state index contributed by atoms with van der Waals surface area (Å²) in [4.78, 5) is 25.7. The summed E-state index contributed by atoms with van der Waals surface area (Å²) >= 11 is 1.33. The Morgan fingerprint density at radius 1 is 1.44 bits per heavy atom. The number of hydrogen-bond donors (Lipinski definition) is 2. The van der Waals surface area contributed by atoms with E-state index in [0.29, 0.717) is 16.4 Å². The minimum Gasteiger partial charge on any atom is -0.356 e. The van der Waals surface area contributed by atoms with Crippen molar-refractivity contribution in [3.05, 3.63) is 28.5 Å². The Morgan fingerprint density at radius 3 is 2.78 bits per heavy atom. The third-order valence-electron chi connectivity index (χ3n) is 2.32. The molecular weight excluding hydrogens is 252 g/mol. The Labute approximate surface area is 107 Å². The van der Waals surface area contributed by atoms with Crippen molar-refractivity contribution >= 4 is 28.2 Å². The van der Waals surface area contributed by atoms with Gasteiger partial charge in [0.1, 0.15) is 10.7 Å². The van der Waals surface area contributed by atoms with E-state index in [0.717, 1.165) is 11.4 Å². The van der Waals surface area contributed by atoms with Crippen molar-refractivity contribution in [3.8, 4) is 0 Å². The molecule has 0 saturated carbocycles. The third-order valence-corrected chi connectivity index (χ3v) is 3.31. The van der Waals surface area contributed by atoms with Crippen LogP contribution in [0.25, 0.3) is 0 Å². The lowest BCUT2D eigenvalue weighted by Gasteiger charge is -1.96. The fourth-order valence-corrected chi connectivity index (χ4v) is 2.01. The van der Waals surface area contributed by atoms with Crippen LogP contribution in [0.4, 0.5) is 5.13 Å². The van der Waals surface area contributed by atoms with Gasteiger partial charge >= 0.3 is 0 Å². The van der Waals surface area contributed by atoms with Gasteiger partial charge in [0.15, 0.2) is 5.78 Å². The van der Waals surface area contributed by atoms with Gasteiger partial charge in [-0.25, -0.2) is 0 Å². The molecule has 0 aliphatic carbocycles. The zero-order chi connectivity index (χ0) is 13.1. The first-order valence-electron chi connectivity index (χ1n) is 5.43. The van der Waals surface area contributed by atoms with Gasteiger partial charge in [-0.05, 0) is 19.4 Å². The predicted octanol–water partition coefficient (Wildman–Crippen LogP) is 1.88. The van der Waals surface area contributed by atoms with E-state index in [4.69, 9.17) is 0 Å². The van der Waals surface area contributed by atoms with Crippen LogP contribution in [0.5, 0.6) is 0 Å². The van der Waals surface area contributed by atoms with Gasteiger partial charge in [-0.1, -0.05) is 18.3 Å². The molecule has 1 amide bonds. The number of rotatable bonds is 4. The summed E-state index contributed by atoms with van der Waals surface area (Å²) in [6.07, 6.45) is 2.29. The molecule has 0 saturated heterocycles. The van der Waals surface area contributed by atoms with Crippen molar-refractivity contribution in [1.82, 2.24) is 15.2 Å². The molecule has 0 aliphatic heterocycles. The fraction of sp³-hybridized carbons (Fsp3) is 0.273. The van der Waals surface area contributed by atoms with E-state index in [2.05, 4.69) is 20.5 Å². The summed E-state index contributed by atoms with van der Waals surface area (Å²) in [5.41, 5.74) is 0.806. The third kappa shape index (κ3) is 2.62. The summed E-state index contributed by atoms with van der Waals surface area (Å²) in [5.74, 6) is -0.421. The number of anilines is 1. The first-order chi connectivity index (χ1) is 8.60. The molecule has 0 atom stereocenters. The topological polar surface area (TPSA) is 87.7 Å². The molecule has 6 nitrogen and oxygen atoms in total. The molecule has 94 valence electrons. The summed E-state index contributed by atoms with van der Waals surface area (Å²) in [6.45, 7) is 3.42. The van der Waals surface area contributed by atoms with Crippen molar-refractivity contribution < 1.29 is 9.59 Å². The second kappa shape index (κ2) is 5.09. The molecule has 2 rings (SSSR count). The van der Waals surface area contributed by atoms with Crippen LogP contribution in [0, 0.1) is 0 Å². The Kier molecular flexibility index (Phi) is 3.52. The lowest BCUT2D eigenvalue weighted by atomic mass is 10.2. The van der Waals surface area contributed by atoms with Gasteiger partial charge in [0.05, 0.1) is 0 Å². The average molecular weight is 264 g/mol. The number of amides is 1. The minimum atomic E-state index is -0.332. The van der Waals surface area contributed by atoms with E-state index >= 15 is 0 Å². The van der Waals surface area contributed by atoms with Gasteiger partial charge in [-0.15, -0.1) is 10.2 Å². The van der Waals surface area contributed by atoms with Gasteiger partial charge in [0, 0.05) is 11.8 Å². The lowest BCUT2D eigenvalue weighted by molar-refractivity contribution is 0.101. The molecule has 2 aromatic heterocycles. The minimum absolute atomic E-state index is 0.0884. The smallest absolute Gasteiger partial charge is 0.273 e. The highest BCUT2D eigenvalue weighted by Gasteiger charge is 2.12. The Hall–Kier alpha value is -2.02. The summed E-state index contributed by atoms with van der Waals surface area (Å²) in [5, 5.41) is 11.7. The maximum atomic E-state index is 11.8. The molecule has 2 aromatic rings. The number of H-pyrrole nitrogens is 1. The second-order valence-electron chi connectivity index (χ2n) is 3.67. The van der Waals surface area contributed by atoms with E-state index in [-0.39, 0.29) is 11.7 Å². The van der Waals surface area contributed by atoms with E-state index in [1.807, 2.05) is 6.92 Å². The molecule has 0 bridgehead atoms. The number of carbonyl (C=O) groups excluding carboxylic acids is 2. The van der Waals surface area contributed by atoms with Crippen molar-refractivity contribution in [2.45, 2.75) is 20.3 Å². The van der Waals surface area contributed by atoms with E-state index in [1.54, 1.807) is 0 Å². The highest BCUT2D eigenvalue weighted by molar-refractivity contribution is 7.15. The molecule has 2 heterocycles. The maximum absolute atomic E-state index is 11.8. The van der Waals surface area contributed by atoms with E-state index in [9.17, 15) is 9.59 Å². The van der Waals surface area contributed by atoms with Crippen LogP contribution in [-0.2, 0) is 6.42 Å². The number of aryl methyl sites for hydroxylation is 1. The molecule has 0 aromatic carbocycles. The highest BCUT2D eigenvalue weighted by Crippen LogP contribution is 2.16. The van der Waals surface area contributed by atoms with Crippen molar-refractivity contribution in [2.75, 3.05) is 5.32 Å². The Morgan fingerprint density at radius 2 is 2.22 bits per heavy atom. The quantitative estimate of drug-likeness (QED) is 0.825. The van der Waals surface area contributed by atoms with Gasteiger partial charge in [-0.3, -0.25) is 14.9 Å². The highest BCUT2D eigenvalue weighted by atomic mass is 32.1. The number of hydrogen-bond acceptors (Lipinski definition) is 5. The summed E-state index contributed by atoms with van der Waals surface area (Å²) in [7, 11) is 0. The first-order valence-corrected chi connectivity index (χ1v) is 6.25.